The fourth-order valence-electron chi connectivity index (χ4n) is 13.2. The third-order valence-electron chi connectivity index (χ3n) is 19.6. The predicted octanol–water partition coefficient (Wildman–Crippen LogP) is 27.9. The minimum atomic E-state index is -0.665. The SMILES string of the molecule is CCCCC/C=C\C/C=C\CCCCCCCCCCCC(=O)OCCCCCCCCCCC/C=C\C/C=C\CCCCCCCCCCCCCCCCCCCC(=O)NC(CO)C(O)CCCCCCCCCCCCCCCCCCCCCCCCC. The first-order chi connectivity index (χ1) is 45.5. The molecule has 92 heavy (non-hydrogen) atoms. The first-order valence-electron chi connectivity index (χ1n) is 41.9. The molecule has 6 nitrogen and oxygen atoms in total. The molecule has 0 radical (unpaired) electrons. The van der Waals surface area contributed by atoms with Crippen molar-refractivity contribution in [2.45, 2.75) is 475 Å². The van der Waals surface area contributed by atoms with Gasteiger partial charge < -0.3 is 20.3 Å². The van der Waals surface area contributed by atoms with E-state index in [0.29, 0.717) is 25.9 Å². The Bertz CT molecular complexity index is 1540. The Kier molecular flexibility index (Phi) is 79.3. The van der Waals surface area contributed by atoms with Gasteiger partial charge in [0.25, 0.3) is 0 Å². The Morgan fingerprint density at radius 2 is 0.543 bits per heavy atom. The average molecular weight is 1290 g/mol. The van der Waals surface area contributed by atoms with Crippen molar-refractivity contribution in [3.63, 3.8) is 0 Å². The molecule has 1 amide bonds. The van der Waals surface area contributed by atoms with Gasteiger partial charge in [-0.25, -0.2) is 0 Å². The minimum absolute atomic E-state index is 0.0111. The molecular weight excluding hydrogens is 1130 g/mol. The zero-order valence-electron chi connectivity index (χ0n) is 62.3. The maximum absolute atomic E-state index is 12.6. The number of carbonyl (C=O) groups excluding carboxylic acids is 2. The number of esters is 1. The summed E-state index contributed by atoms with van der Waals surface area (Å²) in [5, 5.41) is 23.5. The van der Waals surface area contributed by atoms with Crippen molar-refractivity contribution in [3.8, 4) is 0 Å². The molecule has 0 spiro atoms. The molecule has 3 N–H and O–H groups in total. The standard InChI is InChI=1S/C86H163NO5/c1-3-5-7-9-11-13-15-17-19-21-23-24-36-39-43-46-50-54-58-62-66-70-74-78-84(89)83(82-88)87-85(90)79-75-71-67-63-59-55-51-47-44-40-37-34-32-30-28-26-25-27-29-31-33-35-38-41-45-49-53-57-61-65-69-73-77-81-92-86(91)80-76-72-68-64-60-56-52-48-42-22-20-18-16-14-12-10-8-6-4-2/h12,14,18,20,29,31,35,38,83-84,88-89H,3-11,13,15-17,19,21-28,30,32-34,36-37,39-82H2,1-2H3,(H,87,90)/b14-12-,20-18-,31-29-,38-35-. The largest absolute Gasteiger partial charge is 0.466 e. The Morgan fingerprint density at radius 3 is 0.848 bits per heavy atom. The molecular formula is C86H163NO5. The maximum atomic E-state index is 12.6. The van der Waals surface area contributed by atoms with E-state index in [0.717, 1.165) is 57.8 Å². The number of hydrogen-bond donors (Lipinski definition) is 3. The van der Waals surface area contributed by atoms with Gasteiger partial charge in [-0.1, -0.05) is 409 Å². The summed E-state index contributed by atoms with van der Waals surface area (Å²) in [6, 6.07) is -0.542. The smallest absolute Gasteiger partial charge is 0.305 e. The van der Waals surface area contributed by atoms with Gasteiger partial charge in [-0.15, -0.1) is 0 Å². The van der Waals surface area contributed by atoms with Crippen molar-refractivity contribution in [1.29, 1.82) is 0 Å². The normalized spacial score (nSPS) is 12.7. The summed E-state index contributed by atoms with van der Waals surface area (Å²) in [6.07, 6.45) is 108. The van der Waals surface area contributed by atoms with Crippen molar-refractivity contribution in [2.24, 2.45) is 0 Å². The number of carbonyl (C=O) groups is 2. The van der Waals surface area contributed by atoms with Crippen molar-refractivity contribution < 1.29 is 24.5 Å². The Labute approximate surface area is 576 Å². The first-order valence-corrected chi connectivity index (χ1v) is 41.9. The van der Waals surface area contributed by atoms with Crippen LogP contribution in [0.25, 0.3) is 0 Å². The van der Waals surface area contributed by atoms with E-state index in [2.05, 4.69) is 67.8 Å². The van der Waals surface area contributed by atoms with E-state index in [1.54, 1.807) is 0 Å². The summed E-state index contributed by atoms with van der Waals surface area (Å²) in [7, 11) is 0. The predicted molar refractivity (Wildman–Crippen MR) is 407 cm³/mol. The minimum Gasteiger partial charge on any atom is -0.466 e. The van der Waals surface area contributed by atoms with Gasteiger partial charge in [0, 0.05) is 12.8 Å². The van der Waals surface area contributed by atoms with Crippen LogP contribution in [0.15, 0.2) is 48.6 Å². The second-order valence-corrected chi connectivity index (χ2v) is 28.8. The van der Waals surface area contributed by atoms with E-state index in [1.807, 2.05) is 0 Å². The zero-order chi connectivity index (χ0) is 66.3. The Morgan fingerprint density at radius 1 is 0.304 bits per heavy atom. The third kappa shape index (κ3) is 76.8. The molecule has 0 bridgehead atoms. The van der Waals surface area contributed by atoms with Crippen molar-refractivity contribution in [1.82, 2.24) is 5.32 Å². The monoisotopic (exact) mass is 1290 g/mol. The number of hydrogen-bond acceptors (Lipinski definition) is 5. The van der Waals surface area contributed by atoms with E-state index < -0.39 is 12.1 Å². The molecule has 0 aliphatic heterocycles. The molecule has 2 unspecified atom stereocenters. The van der Waals surface area contributed by atoms with Crippen molar-refractivity contribution in [2.75, 3.05) is 13.2 Å². The van der Waals surface area contributed by atoms with Crippen LogP contribution in [-0.2, 0) is 14.3 Å². The number of amides is 1. The molecule has 6 heteroatoms. The number of unbranched alkanes of at least 4 members (excludes halogenated alkanes) is 60. The fraction of sp³-hybridized carbons (Fsp3) is 0.884. The lowest BCUT2D eigenvalue weighted by Crippen LogP contribution is -2.45. The highest BCUT2D eigenvalue weighted by molar-refractivity contribution is 5.76. The fourth-order valence-corrected chi connectivity index (χ4v) is 13.2. The molecule has 0 heterocycles. The Hall–Kier alpha value is -2.18. The molecule has 0 saturated carbocycles. The van der Waals surface area contributed by atoms with Gasteiger partial charge in [-0.3, -0.25) is 9.59 Å². The Balaban J connectivity index is 3.38. The van der Waals surface area contributed by atoms with Gasteiger partial charge in [-0.2, -0.15) is 0 Å². The van der Waals surface area contributed by atoms with Crippen LogP contribution < -0.4 is 5.32 Å². The maximum Gasteiger partial charge on any atom is 0.305 e. The first kappa shape index (κ1) is 89.8. The van der Waals surface area contributed by atoms with Gasteiger partial charge in [0.2, 0.25) is 5.91 Å². The lowest BCUT2D eigenvalue weighted by atomic mass is 10.0. The second-order valence-electron chi connectivity index (χ2n) is 28.8. The molecule has 0 aromatic carbocycles. The second kappa shape index (κ2) is 81.2. The summed E-state index contributed by atoms with van der Waals surface area (Å²) in [4.78, 5) is 24.7. The van der Waals surface area contributed by atoms with E-state index in [1.165, 1.54) is 372 Å². The topological polar surface area (TPSA) is 95.9 Å². The lowest BCUT2D eigenvalue weighted by molar-refractivity contribution is -0.143. The van der Waals surface area contributed by atoms with Crippen LogP contribution in [0.2, 0.25) is 0 Å². The number of rotatable bonds is 79. The van der Waals surface area contributed by atoms with E-state index in [4.69, 9.17) is 4.74 Å². The van der Waals surface area contributed by atoms with E-state index >= 15 is 0 Å². The van der Waals surface area contributed by atoms with Crippen LogP contribution in [0.5, 0.6) is 0 Å². The van der Waals surface area contributed by atoms with Crippen LogP contribution in [0.1, 0.15) is 463 Å². The molecule has 0 aliphatic carbocycles. The summed E-state index contributed by atoms with van der Waals surface area (Å²) >= 11 is 0. The number of nitrogens with one attached hydrogen (secondary N) is 1. The van der Waals surface area contributed by atoms with Crippen LogP contribution >= 0.6 is 0 Å². The number of allylic oxidation sites excluding steroid dienone is 8. The number of ether oxygens (including phenoxy) is 1. The summed E-state index contributed by atoms with van der Waals surface area (Å²) < 4.78 is 5.51. The lowest BCUT2D eigenvalue weighted by Gasteiger charge is -2.22. The average Bonchev–Trinajstić information content (AvgIpc) is 3.60. The van der Waals surface area contributed by atoms with Crippen LogP contribution in [0, 0.1) is 0 Å². The summed E-state index contributed by atoms with van der Waals surface area (Å²) in [5.41, 5.74) is 0. The van der Waals surface area contributed by atoms with Gasteiger partial charge in [0.05, 0.1) is 25.4 Å². The van der Waals surface area contributed by atoms with Crippen LogP contribution in [0.3, 0.4) is 0 Å². The van der Waals surface area contributed by atoms with Crippen LogP contribution in [-0.4, -0.2) is 47.4 Å². The summed E-state index contributed by atoms with van der Waals surface area (Å²) in [5.74, 6) is -0.0167. The molecule has 0 aliphatic rings. The number of aliphatic hydroxyl groups excluding tert-OH is 2. The van der Waals surface area contributed by atoms with E-state index in [-0.39, 0.29) is 18.5 Å². The van der Waals surface area contributed by atoms with Gasteiger partial charge >= 0.3 is 5.97 Å². The van der Waals surface area contributed by atoms with Crippen molar-refractivity contribution >= 4 is 11.9 Å². The van der Waals surface area contributed by atoms with Crippen LogP contribution in [0.4, 0.5) is 0 Å². The molecule has 0 aromatic rings. The molecule has 0 fully saturated rings. The van der Waals surface area contributed by atoms with Gasteiger partial charge in [-0.05, 0) is 89.9 Å². The zero-order valence-corrected chi connectivity index (χ0v) is 62.3. The molecule has 2 atom stereocenters. The highest BCUT2D eigenvalue weighted by Crippen LogP contribution is 2.20. The highest BCUT2D eigenvalue weighted by atomic mass is 16.5. The molecule has 0 aromatic heterocycles. The van der Waals surface area contributed by atoms with Gasteiger partial charge in [0.1, 0.15) is 0 Å². The highest BCUT2D eigenvalue weighted by Gasteiger charge is 2.20. The van der Waals surface area contributed by atoms with Gasteiger partial charge in [0.15, 0.2) is 0 Å². The summed E-state index contributed by atoms with van der Waals surface area (Å²) in [6.45, 7) is 4.97. The third-order valence-corrected chi connectivity index (χ3v) is 19.6. The quantitative estimate of drug-likeness (QED) is 0.0320. The molecule has 0 saturated heterocycles. The van der Waals surface area contributed by atoms with Crippen molar-refractivity contribution in [3.05, 3.63) is 48.6 Å². The van der Waals surface area contributed by atoms with E-state index in [9.17, 15) is 19.8 Å². The molecule has 542 valence electrons. The number of aliphatic hydroxyl groups is 2. The molecule has 0 rings (SSSR count).